The Balaban J connectivity index is 2.08. The first-order valence-electron chi connectivity index (χ1n) is 5.19. The molecular formula is C10H18BrNO2. The quantitative estimate of drug-likeness (QED) is 0.769. The molecule has 0 aliphatic carbocycles. The Morgan fingerprint density at radius 2 is 2.50 bits per heavy atom. The fourth-order valence-corrected chi connectivity index (χ4v) is 1.71. The molecule has 0 saturated carbocycles. The van der Waals surface area contributed by atoms with Crippen LogP contribution in [0.25, 0.3) is 0 Å². The summed E-state index contributed by atoms with van der Waals surface area (Å²) in [6.45, 7) is 2.85. The van der Waals surface area contributed by atoms with Gasteiger partial charge >= 0.3 is 0 Å². The highest BCUT2D eigenvalue weighted by Crippen LogP contribution is 2.16. The molecule has 0 bridgehead atoms. The number of hydrogen-bond donors (Lipinski definition) is 1. The first kappa shape index (κ1) is 12.0. The zero-order chi connectivity index (χ0) is 10.4. The summed E-state index contributed by atoms with van der Waals surface area (Å²) >= 11 is 3.32. The molecule has 2 unspecified atom stereocenters. The molecule has 1 amide bonds. The molecule has 1 saturated heterocycles. The Kier molecular flexibility index (Phi) is 5.48. The molecule has 14 heavy (non-hydrogen) atoms. The van der Waals surface area contributed by atoms with E-state index in [2.05, 4.69) is 21.2 Å². The second kappa shape index (κ2) is 6.40. The largest absolute Gasteiger partial charge is 0.378 e. The predicted octanol–water partition coefficient (Wildman–Crippen LogP) is 1.85. The fourth-order valence-electron chi connectivity index (χ4n) is 1.55. The molecule has 2 atom stereocenters. The summed E-state index contributed by atoms with van der Waals surface area (Å²) in [6, 6.07) is 0.215. The summed E-state index contributed by atoms with van der Waals surface area (Å²) in [5.74, 6) is 0.132. The molecule has 0 aromatic rings. The minimum absolute atomic E-state index is 0.132. The van der Waals surface area contributed by atoms with Crippen molar-refractivity contribution >= 4 is 21.8 Å². The molecule has 1 heterocycles. The van der Waals surface area contributed by atoms with E-state index in [4.69, 9.17) is 4.74 Å². The molecule has 4 heteroatoms. The van der Waals surface area contributed by atoms with Gasteiger partial charge in [0.05, 0.1) is 6.10 Å². The highest BCUT2D eigenvalue weighted by atomic mass is 79.9. The first-order chi connectivity index (χ1) is 6.72. The van der Waals surface area contributed by atoms with Crippen molar-refractivity contribution in [2.24, 2.45) is 0 Å². The van der Waals surface area contributed by atoms with Crippen LogP contribution in [0, 0.1) is 0 Å². The van der Waals surface area contributed by atoms with Gasteiger partial charge in [0.2, 0.25) is 5.91 Å². The molecule has 1 fully saturated rings. The smallest absolute Gasteiger partial charge is 0.220 e. The van der Waals surface area contributed by atoms with Crippen LogP contribution in [0.15, 0.2) is 0 Å². The summed E-state index contributed by atoms with van der Waals surface area (Å²) < 4.78 is 5.45. The lowest BCUT2D eigenvalue weighted by atomic mass is 10.1. The van der Waals surface area contributed by atoms with Crippen LogP contribution in [-0.2, 0) is 9.53 Å². The highest BCUT2D eigenvalue weighted by molar-refractivity contribution is 9.09. The van der Waals surface area contributed by atoms with Gasteiger partial charge in [-0.15, -0.1) is 0 Å². The van der Waals surface area contributed by atoms with E-state index in [9.17, 15) is 4.79 Å². The third kappa shape index (κ3) is 4.42. The van der Waals surface area contributed by atoms with Gasteiger partial charge in [0.15, 0.2) is 0 Å². The van der Waals surface area contributed by atoms with E-state index in [0.29, 0.717) is 12.5 Å². The number of carbonyl (C=O) groups excluding carboxylic acids is 1. The van der Waals surface area contributed by atoms with E-state index < -0.39 is 0 Å². The normalized spacial score (nSPS) is 23.4. The van der Waals surface area contributed by atoms with Crippen LogP contribution in [0.2, 0.25) is 0 Å². The van der Waals surface area contributed by atoms with Crippen LogP contribution >= 0.6 is 15.9 Å². The standard InChI is InChI=1S/C10H18BrNO2/c1-8(7-11)12-10(13)5-4-9-3-2-6-14-9/h8-9H,2-7H2,1H3,(H,12,13). The Morgan fingerprint density at radius 3 is 3.07 bits per heavy atom. The van der Waals surface area contributed by atoms with Gasteiger partial charge in [-0.25, -0.2) is 0 Å². The second-order valence-electron chi connectivity index (χ2n) is 3.80. The summed E-state index contributed by atoms with van der Waals surface area (Å²) in [6.07, 6.45) is 4.02. The van der Waals surface area contributed by atoms with Crippen molar-refractivity contribution in [3.8, 4) is 0 Å². The number of hydrogen-bond acceptors (Lipinski definition) is 2. The molecule has 82 valence electrons. The van der Waals surface area contributed by atoms with Crippen molar-refractivity contribution in [3.05, 3.63) is 0 Å². The van der Waals surface area contributed by atoms with Gasteiger partial charge < -0.3 is 10.1 Å². The van der Waals surface area contributed by atoms with Crippen molar-refractivity contribution in [1.29, 1.82) is 0 Å². The molecule has 1 aliphatic heterocycles. The van der Waals surface area contributed by atoms with E-state index in [1.54, 1.807) is 0 Å². The van der Waals surface area contributed by atoms with Crippen molar-refractivity contribution in [2.75, 3.05) is 11.9 Å². The van der Waals surface area contributed by atoms with Gasteiger partial charge in [-0.2, -0.15) is 0 Å². The number of carbonyl (C=O) groups is 1. The van der Waals surface area contributed by atoms with Gasteiger partial charge in [-0.1, -0.05) is 15.9 Å². The summed E-state index contributed by atoms with van der Waals surface area (Å²) in [5, 5.41) is 3.72. The SMILES string of the molecule is CC(CBr)NC(=O)CCC1CCCO1. The minimum atomic E-state index is 0.132. The molecule has 3 nitrogen and oxygen atoms in total. The number of rotatable bonds is 5. The summed E-state index contributed by atoms with van der Waals surface area (Å²) in [5.41, 5.74) is 0. The summed E-state index contributed by atoms with van der Waals surface area (Å²) in [4.78, 5) is 11.4. The predicted molar refractivity (Wildman–Crippen MR) is 59.6 cm³/mol. The van der Waals surface area contributed by atoms with E-state index in [1.165, 1.54) is 0 Å². The van der Waals surface area contributed by atoms with Gasteiger partial charge in [-0.05, 0) is 26.2 Å². The van der Waals surface area contributed by atoms with Crippen LogP contribution in [0.1, 0.15) is 32.6 Å². The lowest BCUT2D eigenvalue weighted by molar-refractivity contribution is -0.122. The number of ether oxygens (including phenoxy) is 1. The molecular weight excluding hydrogens is 246 g/mol. The number of amides is 1. The van der Waals surface area contributed by atoms with Crippen molar-refractivity contribution in [2.45, 2.75) is 44.8 Å². The van der Waals surface area contributed by atoms with Crippen LogP contribution in [0.4, 0.5) is 0 Å². The zero-order valence-corrected chi connectivity index (χ0v) is 10.2. The maximum absolute atomic E-state index is 11.4. The Labute approximate surface area is 93.7 Å². The molecule has 1 rings (SSSR count). The van der Waals surface area contributed by atoms with Crippen LogP contribution in [0.3, 0.4) is 0 Å². The Morgan fingerprint density at radius 1 is 1.71 bits per heavy atom. The lowest BCUT2D eigenvalue weighted by Crippen LogP contribution is -2.33. The lowest BCUT2D eigenvalue weighted by Gasteiger charge is -2.12. The van der Waals surface area contributed by atoms with E-state index in [1.807, 2.05) is 6.92 Å². The van der Waals surface area contributed by atoms with E-state index in [-0.39, 0.29) is 11.9 Å². The van der Waals surface area contributed by atoms with Crippen molar-refractivity contribution in [3.63, 3.8) is 0 Å². The maximum atomic E-state index is 11.4. The van der Waals surface area contributed by atoms with Gasteiger partial charge in [-0.3, -0.25) is 4.79 Å². The van der Waals surface area contributed by atoms with Crippen molar-refractivity contribution in [1.82, 2.24) is 5.32 Å². The summed E-state index contributed by atoms with van der Waals surface area (Å²) in [7, 11) is 0. The third-order valence-electron chi connectivity index (χ3n) is 2.36. The molecule has 0 radical (unpaired) electrons. The van der Waals surface area contributed by atoms with Gasteiger partial charge in [0.25, 0.3) is 0 Å². The van der Waals surface area contributed by atoms with Crippen LogP contribution in [0.5, 0.6) is 0 Å². The van der Waals surface area contributed by atoms with Crippen LogP contribution < -0.4 is 5.32 Å². The van der Waals surface area contributed by atoms with Crippen molar-refractivity contribution < 1.29 is 9.53 Å². The third-order valence-corrected chi connectivity index (χ3v) is 3.33. The molecule has 0 aromatic carbocycles. The number of nitrogens with one attached hydrogen (secondary N) is 1. The first-order valence-corrected chi connectivity index (χ1v) is 6.31. The van der Waals surface area contributed by atoms with Gasteiger partial charge in [0.1, 0.15) is 0 Å². The fraction of sp³-hybridized carbons (Fsp3) is 0.900. The Bertz CT molecular complexity index is 181. The number of alkyl halides is 1. The topological polar surface area (TPSA) is 38.3 Å². The molecule has 1 aliphatic rings. The average molecular weight is 264 g/mol. The zero-order valence-electron chi connectivity index (χ0n) is 8.59. The molecule has 0 spiro atoms. The van der Waals surface area contributed by atoms with E-state index in [0.717, 1.165) is 31.2 Å². The maximum Gasteiger partial charge on any atom is 0.220 e. The van der Waals surface area contributed by atoms with Gasteiger partial charge in [0, 0.05) is 24.4 Å². The highest BCUT2D eigenvalue weighted by Gasteiger charge is 2.16. The van der Waals surface area contributed by atoms with Crippen LogP contribution in [-0.4, -0.2) is 30.0 Å². The minimum Gasteiger partial charge on any atom is -0.378 e. The molecule has 0 aromatic heterocycles. The van der Waals surface area contributed by atoms with E-state index >= 15 is 0 Å². The number of halogens is 1. The monoisotopic (exact) mass is 263 g/mol. The molecule has 1 N–H and O–H groups in total. The average Bonchev–Trinajstić information content (AvgIpc) is 2.67. The second-order valence-corrected chi connectivity index (χ2v) is 4.44. The Hall–Kier alpha value is -0.0900.